The van der Waals surface area contributed by atoms with Gasteiger partial charge in [-0.15, -0.1) is 0 Å². The second-order valence-corrected chi connectivity index (χ2v) is 11.0. The molecule has 0 saturated heterocycles. The highest BCUT2D eigenvalue weighted by Gasteiger charge is 2.28. The van der Waals surface area contributed by atoms with E-state index in [2.05, 4.69) is 15.8 Å². The molecule has 0 spiro atoms. The Morgan fingerprint density at radius 3 is 2.15 bits per heavy atom. The Bertz CT molecular complexity index is 1600. The first-order valence-electron chi connectivity index (χ1n) is 12.5. The molecule has 4 aromatic carbocycles. The number of anilines is 1. The molecule has 11 heteroatoms. The predicted molar refractivity (Wildman–Crippen MR) is 158 cm³/mol. The minimum atomic E-state index is -4.09. The third kappa shape index (κ3) is 8.41. The smallest absolute Gasteiger partial charge is 0.264 e. The zero-order valence-corrected chi connectivity index (χ0v) is 23.4. The molecule has 4 aromatic rings. The Kier molecular flexibility index (Phi) is 10.1. The average molecular weight is 591 g/mol. The van der Waals surface area contributed by atoms with Crippen molar-refractivity contribution >= 4 is 45.3 Å². The van der Waals surface area contributed by atoms with Gasteiger partial charge < -0.3 is 10.1 Å². The van der Waals surface area contributed by atoms with E-state index < -0.39 is 22.5 Å². The van der Waals surface area contributed by atoms with Crippen molar-refractivity contribution in [1.29, 1.82) is 0 Å². The quantitative estimate of drug-likeness (QED) is 0.188. The molecule has 0 bridgehead atoms. The number of halogens is 1. The molecule has 4 rings (SSSR count). The molecule has 0 saturated carbocycles. The number of benzene rings is 4. The number of carbonyl (C=O) groups excluding carboxylic acids is 2. The molecule has 0 fully saturated rings. The van der Waals surface area contributed by atoms with Crippen LogP contribution in [0.2, 0.25) is 5.02 Å². The van der Waals surface area contributed by atoms with Gasteiger partial charge in [-0.25, -0.2) is 13.8 Å². The highest BCUT2D eigenvalue weighted by molar-refractivity contribution is 7.92. The zero-order valence-electron chi connectivity index (χ0n) is 21.8. The van der Waals surface area contributed by atoms with Crippen LogP contribution in [0.15, 0.2) is 119 Å². The van der Waals surface area contributed by atoms with Crippen LogP contribution in [0.5, 0.6) is 5.75 Å². The van der Waals surface area contributed by atoms with Gasteiger partial charge in [0.15, 0.2) is 6.61 Å². The van der Waals surface area contributed by atoms with E-state index in [1.54, 1.807) is 60.7 Å². The van der Waals surface area contributed by atoms with Gasteiger partial charge in [-0.05, 0) is 59.7 Å². The first kappa shape index (κ1) is 29.3. The van der Waals surface area contributed by atoms with Crippen molar-refractivity contribution in [1.82, 2.24) is 10.7 Å². The van der Waals surface area contributed by atoms with Gasteiger partial charge in [0.1, 0.15) is 12.3 Å². The second-order valence-electron chi connectivity index (χ2n) is 8.69. The number of hydrogen-bond donors (Lipinski definition) is 2. The lowest BCUT2D eigenvalue weighted by molar-refractivity contribution is -0.123. The summed E-state index contributed by atoms with van der Waals surface area (Å²) in [6, 6.07) is 30.4. The molecule has 0 aliphatic rings. The molecule has 0 radical (unpaired) electrons. The Labute approximate surface area is 243 Å². The molecule has 0 aliphatic carbocycles. The number of hydrazone groups is 1. The molecular formula is C30H27ClN4O5S. The maximum absolute atomic E-state index is 13.4. The summed E-state index contributed by atoms with van der Waals surface area (Å²) in [6.07, 6.45) is 1.40. The number of ether oxygens (including phenoxy) is 1. The molecule has 0 heterocycles. The van der Waals surface area contributed by atoms with E-state index in [4.69, 9.17) is 16.3 Å². The largest absolute Gasteiger partial charge is 0.484 e. The van der Waals surface area contributed by atoms with Gasteiger partial charge in [-0.2, -0.15) is 5.10 Å². The van der Waals surface area contributed by atoms with E-state index in [0.29, 0.717) is 17.9 Å². The van der Waals surface area contributed by atoms with Crippen LogP contribution in [0.25, 0.3) is 0 Å². The van der Waals surface area contributed by atoms with Crippen molar-refractivity contribution in [2.24, 2.45) is 5.10 Å². The van der Waals surface area contributed by atoms with Crippen LogP contribution >= 0.6 is 11.6 Å². The van der Waals surface area contributed by atoms with Crippen LogP contribution in [-0.4, -0.2) is 39.6 Å². The standard InChI is InChI=1S/C30H27ClN4O5S/c31-27-13-7-8-14-28(27)35(41(38,39)26-11-5-2-6-12-26)21-29(36)34-33-20-24-15-17-25(18-16-24)40-22-30(37)32-19-23-9-3-1-4-10-23/h1-18,20H,19,21-22H2,(H,32,37)(H,34,36)/b33-20-. The molecule has 0 atom stereocenters. The van der Waals surface area contributed by atoms with Gasteiger partial charge in [0, 0.05) is 6.54 Å². The number of para-hydroxylation sites is 1. The first-order valence-corrected chi connectivity index (χ1v) is 14.3. The average Bonchev–Trinajstić information content (AvgIpc) is 3.00. The topological polar surface area (TPSA) is 117 Å². The number of carbonyl (C=O) groups is 2. The lowest BCUT2D eigenvalue weighted by Crippen LogP contribution is -2.39. The molecular weight excluding hydrogens is 564 g/mol. The fourth-order valence-corrected chi connectivity index (χ4v) is 5.41. The van der Waals surface area contributed by atoms with Crippen LogP contribution in [0.3, 0.4) is 0 Å². The van der Waals surface area contributed by atoms with E-state index >= 15 is 0 Å². The van der Waals surface area contributed by atoms with Crippen molar-refractivity contribution < 1.29 is 22.7 Å². The van der Waals surface area contributed by atoms with Crippen molar-refractivity contribution in [2.75, 3.05) is 17.5 Å². The number of rotatable bonds is 12. The van der Waals surface area contributed by atoms with Crippen molar-refractivity contribution in [3.05, 3.63) is 125 Å². The summed E-state index contributed by atoms with van der Waals surface area (Å²) in [7, 11) is -4.09. The molecule has 0 unspecified atom stereocenters. The lowest BCUT2D eigenvalue weighted by atomic mass is 10.2. The van der Waals surface area contributed by atoms with Gasteiger partial charge in [-0.1, -0.05) is 72.3 Å². The predicted octanol–water partition coefficient (Wildman–Crippen LogP) is 4.38. The second kappa shape index (κ2) is 14.1. The summed E-state index contributed by atoms with van der Waals surface area (Å²) in [5, 5.41) is 6.91. The molecule has 210 valence electrons. The van der Waals surface area contributed by atoms with E-state index in [-0.39, 0.29) is 28.1 Å². The Balaban J connectivity index is 1.32. The maximum atomic E-state index is 13.4. The van der Waals surface area contributed by atoms with E-state index in [0.717, 1.165) is 9.87 Å². The highest BCUT2D eigenvalue weighted by Crippen LogP contribution is 2.30. The highest BCUT2D eigenvalue weighted by atomic mass is 35.5. The number of nitrogens with one attached hydrogen (secondary N) is 2. The SMILES string of the molecule is O=C(COc1ccc(/C=N\NC(=O)CN(c2ccccc2Cl)S(=O)(=O)c2ccccc2)cc1)NCc1ccccc1. The Morgan fingerprint density at radius 1 is 0.829 bits per heavy atom. The minimum absolute atomic E-state index is 0.0206. The summed E-state index contributed by atoms with van der Waals surface area (Å²) in [4.78, 5) is 24.8. The molecule has 9 nitrogen and oxygen atoms in total. The van der Waals surface area contributed by atoms with E-state index in [1.807, 2.05) is 30.3 Å². The van der Waals surface area contributed by atoms with E-state index in [9.17, 15) is 18.0 Å². The number of hydrogen-bond acceptors (Lipinski definition) is 6. The summed E-state index contributed by atoms with van der Waals surface area (Å²) in [6.45, 7) is -0.264. The first-order chi connectivity index (χ1) is 19.8. The van der Waals surface area contributed by atoms with Gasteiger partial charge in [0.2, 0.25) is 0 Å². The fourth-order valence-electron chi connectivity index (χ4n) is 3.66. The summed E-state index contributed by atoms with van der Waals surface area (Å²) in [5.41, 5.74) is 4.16. The van der Waals surface area contributed by atoms with Crippen molar-refractivity contribution in [2.45, 2.75) is 11.4 Å². The van der Waals surface area contributed by atoms with Gasteiger partial charge in [0.25, 0.3) is 21.8 Å². The monoisotopic (exact) mass is 590 g/mol. The third-order valence-corrected chi connectivity index (χ3v) is 7.82. The number of sulfonamides is 1. The van der Waals surface area contributed by atoms with Crippen molar-refractivity contribution in [3.63, 3.8) is 0 Å². The van der Waals surface area contributed by atoms with Gasteiger partial charge >= 0.3 is 0 Å². The third-order valence-electron chi connectivity index (χ3n) is 5.72. The van der Waals surface area contributed by atoms with Crippen LogP contribution < -0.4 is 19.8 Å². The van der Waals surface area contributed by atoms with Crippen LogP contribution in [0.4, 0.5) is 5.69 Å². The van der Waals surface area contributed by atoms with Gasteiger partial charge in [0.05, 0.1) is 21.8 Å². The van der Waals surface area contributed by atoms with Crippen molar-refractivity contribution in [3.8, 4) is 5.75 Å². The number of nitrogens with zero attached hydrogens (tertiary/aromatic N) is 2. The zero-order chi connectivity index (χ0) is 29.1. The van der Waals surface area contributed by atoms with Crippen LogP contribution in [0, 0.1) is 0 Å². The summed E-state index contributed by atoms with van der Waals surface area (Å²) < 4.78 is 33.2. The van der Waals surface area contributed by atoms with E-state index in [1.165, 1.54) is 24.4 Å². The molecule has 2 N–H and O–H groups in total. The van der Waals surface area contributed by atoms with Crippen LogP contribution in [0.1, 0.15) is 11.1 Å². The van der Waals surface area contributed by atoms with Gasteiger partial charge in [-0.3, -0.25) is 13.9 Å². The molecule has 41 heavy (non-hydrogen) atoms. The number of amides is 2. The normalized spacial score (nSPS) is 11.1. The maximum Gasteiger partial charge on any atom is 0.264 e. The molecule has 2 amide bonds. The molecule has 0 aliphatic heterocycles. The molecule has 0 aromatic heterocycles. The Morgan fingerprint density at radius 2 is 1.46 bits per heavy atom. The van der Waals surface area contributed by atoms with Crippen LogP contribution in [-0.2, 0) is 26.2 Å². The minimum Gasteiger partial charge on any atom is -0.484 e. The Hall–Kier alpha value is -4.67. The summed E-state index contributed by atoms with van der Waals surface area (Å²) >= 11 is 6.27. The lowest BCUT2D eigenvalue weighted by Gasteiger charge is -2.24. The summed E-state index contributed by atoms with van der Waals surface area (Å²) in [5.74, 6) is -0.424. The fraction of sp³-hybridized carbons (Fsp3) is 0.100.